The van der Waals surface area contributed by atoms with Crippen LogP contribution in [-0.2, 0) is 52.4 Å². The Labute approximate surface area is 315 Å². The van der Waals surface area contributed by atoms with Gasteiger partial charge in [0.1, 0.15) is 25.1 Å². The van der Waals surface area contributed by atoms with E-state index in [0.29, 0.717) is 42.3 Å². The van der Waals surface area contributed by atoms with Crippen LogP contribution in [0.2, 0.25) is 0 Å². The van der Waals surface area contributed by atoms with Crippen molar-refractivity contribution < 1.29 is 57.2 Å². The third-order valence-corrected chi connectivity index (χ3v) is 13.0. The Bertz CT molecular complexity index is 1290. The molecule has 12 heteroatoms. The maximum Gasteiger partial charge on any atom is 0.511 e. The highest BCUT2D eigenvalue weighted by molar-refractivity contribution is 5.79. The minimum absolute atomic E-state index is 0.132. The third kappa shape index (κ3) is 11.0. The van der Waals surface area contributed by atoms with E-state index >= 15 is 0 Å². The molecule has 0 aliphatic heterocycles. The number of carbonyl (C=O) groups is 6. The molecule has 0 aromatic heterocycles. The van der Waals surface area contributed by atoms with E-state index in [1.54, 1.807) is 13.8 Å². The fraction of sp³-hybridized carbons (Fsp3) is 0.854. The second-order valence-electron chi connectivity index (χ2n) is 16.9. The SMILES string of the molecule is CCCC(=O)OCC(COC(=O)CCC)OC(=O)CC(C)CC(=O)OC(C)OC(=O)O[C@@H]1CCC2(C)[C@@H](CCC3[C@@H]4CCC(C(C)=O)C4(C)CC[C@@H]32)C1. The molecule has 12 nitrogen and oxygen atoms in total. The number of ether oxygens (including phenoxy) is 6. The summed E-state index contributed by atoms with van der Waals surface area (Å²) in [4.78, 5) is 74.2. The van der Waals surface area contributed by atoms with E-state index in [4.69, 9.17) is 28.4 Å². The molecule has 4 fully saturated rings. The van der Waals surface area contributed by atoms with Gasteiger partial charge >= 0.3 is 30.0 Å². The van der Waals surface area contributed by atoms with Crippen molar-refractivity contribution in [2.75, 3.05) is 13.2 Å². The van der Waals surface area contributed by atoms with E-state index < -0.39 is 48.3 Å². The van der Waals surface area contributed by atoms with Crippen molar-refractivity contribution in [2.45, 2.75) is 163 Å². The van der Waals surface area contributed by atoms with Crippen molar-refractivity contribution in [3.8, 4) is 0 Å². The Morgan fingerprint density at radius 2 is 1.26 bits per heavy atom. The summed E-state index contributed by atoms with van der Waals surface area (Å²) in [5, 5.41) is 0. The summed E-state index contributed by atoms with van der Waals surface area (Å²) in [6.45, 7) is 12.9. The van der Waals surface area contributed by atoms with Crippen LogP contribution in [0.1, 0.15) is 145 Å². The van der Waals surface area contributed by atoms with E-state index in [2.05, 4.69) is 13.8 Å². The Morgan fingerprint density at radius 1 is 0.679 bits per heavy atom. The molecular formula is C41H64O12. The van der Waals surface area contributed by atoms with Crippen molar-refractivity contribution in [1.29, 1.82) is 0 Å². The molecule has 4 aliphatic carbocycles. The normalized spacial score (nSPS) is 31.5. The van der Waals surface area contributed by atoms with Gasteiger partial charge in [-0.05, 0) is 118 Å². The molecule has 0 radical (unpaired) electrons. The van der Waals surface area contributed by atoms with Crippen LogP contribution in [0.15, 0.2) is 0 Å². The quantitative estimate of drug-likeness (QED) is 0.0814. The molecule has 10 atom stereocenters. The van der Waals surface area contributed by atoms with Crippen molar-refractivity contribution in [2.24, 2.45) is 46.3 Å². The molecule has 0 heterocycles. The Kier molecular flexibility index (Phi) is 15.2. The van der Waals surface area contributed by atoms with Crippen LogP contribution in [0, 0.1) is 46.3 Å². The standard InChI is InChI=1S/C41H64O12/c1-8-10-35(43)48-23-30(24-49-36(44)11-9-2)52-38(46)21-25(3)20-37(45)50-27(5)51-39(47)53-29-16-18-40(6)28(22-29)12-13-31-33-15-14-32(26(4)42)41(33,7)19-17-34(31)40/h25,27-34H,8-24H2,1-7H3/t25?,27?,28-,29+,31?,32?,33-,34-,40?,41?/m0/s1. The summed E-state index contributed by atoms with van der Waals surface area (Å²) < 4.78 is 32.1. The fourth-order valence-corrected chi connectivity index (χ4v) is 10.5. The van der Waals surface area contributed by atoms with Gasteiger partial charge in [-0.3, -0.25) is 24.0 Å². The summed E-state index contributed by atoms with van der Waals surface area (Å²) in [6.07, 6.45) is 7.31. The zero-order chi connectivity index (χ0) is 38.9. The van der Waals surface area contributed by atoms with Gasteiger partial charge in [0, 0.05) is 38.5 Å². The predicted octanol–water partition coefficient (Wildman–Crippen LogP) is 7.66. The molecule has 0 aromatic carbocycles. The van der Waals surface area contributed by atoms with Gasteiger partial charge in [0.2, 0.25) is 6.29 Å². The number of hydrogen-bond donors (Lipinski definition) is 0. The van der Waals surface area contributed by atoms with Gasteiger partial charge in [0.25, 0.3) is 0 Å². The molecule has 6 unspecified atom stereocenters. The third-order valence-electron chi connectivity index (χ3n) is 13.0. The lowest BCUT2D eigenvalue weighted by molar-refractivity contribution is -0.173. The van der Waals surface area contributed by atoms with E-state index in [9.17, 15) is 28.8 Å². The molecule has 53 heavy (non-hydrogen) atoms. The zero-order valence-electron chi connectivity index (χ0n) is 33.1. The molecule has 0 N–H and O–H groups in total. The molecule has 0 amide bonds. The minimum atomic E-state index is -1.18. The predicted molar refractivity (Wildman–Crippen MR) is 193 cm³/mol. The monoisotopic (exact) mass is 748 g/mol. The first kappa shape index (κ1) is 42.6. The average Bonchev–Trinajstić information content (AvgIpc) is 3.43. The highest BCUT2D eigenvalue weighted by Crippen LogP contribution is 2.67. The van der Waals surface area contributed by atoms with Gasteiger partial charge < -0.3 is 28.4 Å². The largest absolute Gasteiger partial charge is 0.511 e. The van der Waals surface area contributed by atoms with Gasteiger partial charge in [0.15, 0.2) is 6.10 Å². The maximum absolute atomic E-state index is 12.8. The summed E-state index contributed by atoms with van der Waals surface area (Å²) in [7, 11) is 0. The van der Waals surface area contributed by atoms with Crippen molar-refractivity contribution in [3.05, 3.63) is 0 Å². The number of fused-ring (bicyclic) bond motifs is 5. The van der Waals surface area contributed by atoms with Crippen LogP contribution in [-0.4, -0.2) is 67.5 Å². The van der Waals surface area contributed by atoms with Crippen LogP contribution >= 0.6 is 0 Å². The second-order valence-corrected chi connectivity index (χ2v) is 16.9. The van der Waals surface area contributed by atoms with E-state index in [-0.39, 0.29) is 61.7 Å². The zero-order valence-corrected chi connectivity index (χ0v) is 33.1. The molecule has 4 aliphatic rings. The number of esters is 4. The molecule has 0 bridgehead atoms. The first-order valence-corrected chi connectivity index (χ1v) is 20.2. The van der Waals surface area contributed by atoms with Crippen LogP contribution in [0.3, 0.4) is 0 Å². The molecule has 4 saturated carbocycles. The van der Waals surface area contributed by atoms with Gasteiger partial charge in [-0.1, -0.05) is 34.6 Å². The first-order chi connectivity index (χ1) is 25.1. The lowest BCUT2D eigenvalue weighted by Gasteiger charge is -2.61. The Morgan fingerprint density at radius 3 is 1.87 bits per heavy atom. The number of carbonyl (C=O) groups excluding carboxylic acids is 6. The second kappa shape index (κ2) is 18.9. The molecule has 0 spiro atoms. The van der Waals surface area contributed by atoms with Gasteiger partial charge in [-0.25, -0.2) is 4.79 Å². The molecular weight excluding hydrogens is 684 g/mol. The summed E-state index contributed by atoms with van der Waals surface area (Å²) in [5.74, 6) is 0.234. The topological polar surface area (TPSA) is 158 Å². The Hall–Kier alpha value is -3.18. The van der Waals surface area contributed by atoms with Crippen molar-refractivity contribution >= 4 is 35.8 Å². The highest BCUT2D eigenvalue weighted by Gasteiger charge is 2.61. The summed E-state index contributed by atoms with van der Waals surface area (Å²) in [5.41, 5.74) is 0.325. The number of rotatable bonds is 17. The summed E-state index contributed by atoms with van der Waals surface area (Å²) >= 11 is 0. The molecule has 300 valence electrons. The number of hydrogen-bond acceptors (Lipinski definition) is 12. The number of ketones is 1. The summed E-state index contributed by atoms with van der Waals surface area (Å²) in [6, 6.07) is 0. The average molecular weight is 749 g/mol. The lowest BCUT2D eigenvalue weighted by atomic mass is 9.44. The van der Waals surface area contributed by atoms with Crippen LogP contribution < -0.4 is 0 Å². The molecule has 4 rings (SSSR count). The first-order valence-electron chi connectivity index (χ1n) is 20.2. The Balaban J connectivity index is 1.18. The van der Waals surface area contributed by atoms with Crippen LogP contribution in [0.25, 0.3) is 0 Å². The van der Waals surface area contributed by atoms with Crippen molar-refractivity contribution in [1.82, 2.24) is 0 Å². The van der Waals surface area contributed by atoms with Gasteiger partial charge in [-0.15, -0.1) is 0 Å². The van der Waals surface area contributed by atoms with E-state index in [1.165, 1.54) is 13.3 Å². The highest BCUT2D eigenvalue weighted by atomic mass is 16.8. The smallest absolute Gasteiger partial charge is 0.462 e. The van der Waals surface area contributed by atoms with Crippen LogP contribution in [0.5, 0.6) is 0 Å². The molecule has 0 saturated heterocycles. The van der Waals surface area contributed by atoms with Crippen molar-refractivity contribution in [3.63, 3.8) is 0 Å². The van der Waals surface area contributed by atoms with Gasteiger partial charge in [-0.2, -0.15) is 0 Å². The van der Waals surface area contributed by atoms with E-state index in [0.717, 1.165) is 51.4 Å². The van der Waals surface area contributed by atoms with Crippen LogP contribution in [0.4, 0.5) is 4.79 Å². The van der Waals surface area contributed by atoms with Gasteiger partial charge in [0.05, 0.1) is 0 Å². The minimum Gasteiger partial charge on any atom is -0.462 e. The fourth-order valence-electron chi connectivity index (χ4n) is 10.5. The lowest BCUT2D eigenvalue weighted by Crippen LogP contribution is -2.54. The van der Waals surface area contributed by atoms with E-state index in [1.807, 2.05) is 13.8 Å². The maximum atomic E-state index is 12.8. The number of Topliss-reactive ketones (excluding diaryl/α,β-unsaturated/α-hetero) is 1. The molecule has 0 aromatic rings.